The number of hydrogen-bond acceptors (Lipinski definition) is 6. The summed E-state index contributed by atoms with van der Waals surface area (Å²) in [5.74, 6) is 0.801. The minimum Gasteiger partial charge on any atom is -0.397 e. The minimum absolute atomic E-state index is 0.0140. The fourth-order valence-corrected chi connectivity index (χ4v) is 11.0. The van der Waals surface area contributed by atoms with Crippen molar-refractivity contribution in [2.75, 3.05) is 41.3 Å². The number of hydrogen-bond donors (Lipinski definition) is 1. The molecule has 0 fully saturated rings. The molecule has 18 heavy (non-hydrogen) atoms. The Balaban J connectivity index is 5.20. The van der Waals surface area contributed by atoms with Crippen LogP contribution in [0, 0.1) is 0 Å². The van der Waals surface area contributed by atoms with E-state index in [1.807, 2.05) is 6.92 Å². The summed E-state index contributed by atoms with van der Waals surface area (Å²) >= 11 is 4.25. The average molecular weight is 315 g/mol. The van der Waals surface area contributed by atoms with E-state index in [9.17, 15) is 0 Å². The van der Waals surface area contributed by atoms with Gasteiger partial charge in [0.1, 0.15) is 0 Å². The monoisotopic (exact) mass is 314 g/mol. The Morgan fingerprint density at radius 1 is 0.889 bits per heavy atom. The topological polar surface area (TPSA) is 46.2 Å². The molecule has 0 aromatic carbocycles. The molecule has 1 unspecified atom stereocenters. The van der Waals surface area contributed by atoms with E-state index in [1.54, 1.807) is 35.5 Å². The Bertz CT molecular complexity index is 216. The zero-order valence-corrected chi connectivity index (χ0v) is 15.1. The summed E-state index contributed by atoms with van der Waals surface area (Å²) in [6.07, 6.45) is 0.934. The van der Waals surface area contributed by atoms with Crippen LogP contribution in [0.1, 0.15) is 13.3 Å². The van der Waals surface area contributed by atoms with E-state index in [2.05, 4.69) is 12.6 Å². The van der Waals surface area contributed by atoms with Gasteiger partial charge in [-0.25, -0.2) is 0 Å². The lowest BCUT2D eigenvalue weighted by atomic mass is 10.6. The van der Waals surface area contributed by atoms with Crippen molar-refractivity contribution >= 4 is 30.0 Å². The van der Waals surface area contributed by atoms with Gasteiger partial charge in [0.2, 0.25) is 0 Å². The van der Waals surface area contributed by atoms with Crippen molar-refractivity contribution < 1.29 is 22.1 Å². The molecule has 0 rings (SSSR count). The van der Waals surface area contributed by atoms with Gasteiger partial charge in [-0.05, 0) is 18.2 Å². The molecule has 0 aliphatic heterocycles. The van der Waals surface area contributed by atoms with E-state index in [4.69, 9.17) is 22.1 Å². The summed E-state index contributed by atoms with van der Waals surface area (Å²) in [7, 11) is 3.01. The van der Waals surface area contributed by atoms with Gasteiger partial charge in [-0.1, -0.05) is 6.92 Å². The normalized spacial score (nSPS) is 14.8. The van der Waals surface area contributed by atoms with Crippen LogP contribution in [0.2, 0.25) is 11.2 Å². The van der Waals surface area contributed by atoms with Crippen LogP contribution in [0.25, 0.3) is 0 Å². The van der Waals surface area contributed by atoms with Gasteiger partial charge in [-0.2, -0.15) is 12.6 Å². The Kier molecular flexibility index (Phi) is 8.98. The molecule has 0 heterocycles. The molecule has 0 aromatic rings. The lowest BCUT2D eigenvalue weighted by Gasteiger charge is -2.39. The predicted molar refractivity (Wildman–Crippen MR) is 79.3 cm³/mol. The van der Waals surface area contributed by atoms with Crippen molar-refractivity contribution in [3.05, 3.63) is 0 Å². The summed E-state index contributed by atoms with van der Waals surface area (Å²) < 4.78 is 28.1. The van der Waals surface area contributed by atoms with Gasteiger partial charge in [0.05, 0.1) is 5.16 Å². The molecule has 0 saturated heterocycles. The molecule has 0 bridgehead atoms. The van der Waals surface area contributed by atoms with Crippen LogP contribution in [0.5, 0.6) is 0 Å². The second-order valence-electron chi connectivity index (χ2n) is 3.98. The molecular weight excluding hydrogens is 288 g/mol. The Morgan fingerprint density at radius 3 is 1.61 bits per heavy atom. The Labute approximate surface area is 118 Å². The van der Waals surface area contributed by atoms with Crippen molar-refractivity contribution in [1.29, 1.82) is 0 Å². The van der Waals surface area contributed by atoms with Crippen LogP contribution in [0.15, 0.2) is 0 Å². The first-order valence-electron chi connectivity index (χ1n) is 5.89. The highest BCUT2D eigenvalue weighted by Gasteiger charge is 2.58. The van der Waals surface area contributed by atoms with Crippen LogP contribution in [-0.2, 0) is 22.1 Å². The minimum atomic E-state index is -2.76. The van der Waals surface area contributed by atoms with E-state index in [-0.39, 0.29) is 5.16 Å². The average Bonchev–Trinajstić information content (AvgIpc) is 2.43. The van der Waals surface area contributed by atoms with Crippen molar-refractivity contribution in [1.82, 2.24) is 0 Å². The van der Waals surface area contributed by atoms with Crippen LogP contribution in [0.4, 0.5) is 0 Å². The third-order valence-corrected chi connectivity index (χ3v) is 12.6. The molecule has 110 valence electrons. The van der Waals surface area contributed by atoms with Crippen LogP contribution >= 0.6 is 12.6 Å². The van der Waals surface area contributed by atoms with Crippen molar-refractivity contribution in [2.24, 2.45) is 0 Å². The third-order valence-electron chi connectivity index (χ3n) is 3.42. The molecular formula is C10H26O5SSi2. The summed E-state index contributed by atoms with van der Waals surface area (Å²) in [6, 6.07) is 0.843. The fourth-order valence-electron chi connectivity index (χ4n) is 2.23. The first-order valence-corrected chi connectivity index (χ1v) is 10.4. The highest BCUT2D eigenvalue weighted by molar-refractivity contribution is 7.80. The largest absolute Gasteiger partial charge is 0.505 e. The molecule has 0 aliphatic rings. The van der Waals surface area contributed by atoms with Gasteiger partial charge < -0.3 is 22.1 Å². The van der Waals surface area contributed by atoms with Crippen LogP contribution < -0.4 is 0 Å². The van der Waals surface area contributed by atoms with E-state index in [1.165, 1.54) is 0 Å². The van der Waals surface area contributed by atoms with Crippen LogP contribution in [0.3, 0.4) is 0 Å². The molecule has 0 saturated carbocycles. The Morgan fingerprint density at radius 2 is 1.33 bits per heavy atom. The standard InChI is InChI=1S/C10H26O5SSi2/c1-10(18(13-4,14-5)15-6)17(11-2,12-3)9-7-8-16/h10,16H,7-9H2,1-6H3. The smallest absolute Gasteiger partial charge is 0.397 e. The second-order valence-corrected chi connectivity index (χ2v) is 12.1. The zero-order valence-electron chi connectivity index (χ0n) is 12.2. The maximum absolute atomic E-state index is 5.74. The zero-order chi connectivity index (χ0) is 14.2. The molecule has 0 aromatic heterocycles. The number of thiol groups is 1. The van der Waals surface area contributed by atoms with Crippen molar-refractivity contribution in [2.45, 2.75) is 24.6 Å². The maximum atomic E-state index is 5.74. The molecule has 1 atom stereocenters. The lowest BCUT2D eigenvalue weighted by molar-refractivity contribution is 0.111. The first-order chi connectivity index (χ1) is 8.52. The molecule has 0 aliphatic carbocycles. The highest BCUT2D eigenvalue weighted by Crippen LogP contribution is 2.37. The lowest BCUT2D eigenvalue weighted by Crippen LogP contribution is -2.59. The fraction of sp³-hybridized carbons (Fsp3) is 1.00. The van der Waals surface area contributed by atoms with E-state index < -0.39 is 17.4 Å². The SMILES string of the molecule is CO[Si](CCCS)(OC)C(C)[Si](OC)(OC)OC. The molecule has 8 heteroatoms. The van der Waals surface area contributed by atoms with Gasteiger partial charge in [-0.15, -0.1) is 0 Å². The molecule has 0 amide bonds. The van der Waals surface area contributed by atoms with Gasteiger partial charge in [-0.3, -0.25) is 0 Å². The summed E-state index contributed by atoms with van der Waals surface area (Å²) in [4.78, 5) is 0. The van der Waals surface area contributed by atoms with Crippen LogP contribution in [-0.4, -0.2) is 58.7 Å². The maximum Gasteiger partial charge on any atom is 0.505 e. The van der Waals surface area contributed by atoms with Gasteiger partial charge in [0.15, 0.2) is 0 Å². The van der Waals surface area contributed by atoms with Gasteiger partial charge in [0.25, 0.3) is 0 Å². The Hall–Kier alpha value is 0.584. The molecule has 0 radical (unpaired) electrons. The molecule has 0 N–H and O–H groups in total. The quantitative estimate of drug-likeness (QED) is 0.492. The molecule has 5 nitrogen and oxygen atoms in total. The summed E-state index contributed by atoms with van der Waals surface area (Å²) in [5, 5.41) is -0.0140. The first kappa shape index (κ1) is 18.6. The summed E-state index contributed by atoms with van der Waals surface area (Å²) in [6.45, 7) is 2.03. The third kappa shape index (κ3) is 3.79. The predicted octanol–water partition coefficient (Wildman–Crippen LogP) is 1.85. The highest BCUT2D eigenvalue weighted by atomic mass is 32.1. The van der Waals surface area contributed by atoms with Crippen molar-refractivity contribution in [3.8, 4) is 0 Å². The van der Waals surface area contributed by atoms with Crippen molar-refractivity contribution in [3.63, 3.8) is 0 Å². The molecule has 0 spiro atoms. The second kappa shape index (κ2) is 8.69. The summed E-state index contributed by atoms with van der Waals surface area (Å²) in [5.41, 5.74) is 0. The van der Waals surface area contributed by atoms with E-state index in [0.29, 0.717) is 0 Å². The van der Waals surface area contributed by atoms with Gasteiger partial charge in [0, 0.05) is 35.5 Å². The van der Waals surface area contributed by atoms with E-state index >= 15 is 0 Å². The van der Waals surface area contributed by atoms with Gasteiger partial charge >= 0.3 is 17.4 Å². The van der Waals surface area contributed by atoms with E-state index in [0.717, 1.165) is 18.2 Å². The number of rotatable bonds is 10.